The minimum atomic E-state index is -0.286. The minimum absolute atomic E-state index is 0.262. The van der Waals surface area contributed by atoms with Gasteiger partial charge in [-0.1, -0.05) is 13.8 Å². The fourth-order valence-electron chi connectivity index (χ4n) is 1.45. The molecule has 17 heavy (non-hydrogen) atoms. The molecule has 5 nitrogen and oxygen atoms in total. The summed E-state index contributed by atoms with van der Waals surface area (Å²) in [6, 6.07) is 1.84. The molecule has 0 amide bonds. The van der Waals surface area contributed by atoms with Gasteiger partial charge in [0.25, 0.3) is 5.56 Å². The van der Waals surface area contributed by atoms with Crippen LogP contribution < -0.4 is 16.6 Å². The molecule has 0 spiro atoms. The van der Waals surface area contributed by atoms with E-state index < -0.39 is 0 Å². The van der Waals surface area contributed by atoms with Gasteiger partial charge in [-0.25, -0.2) is 4.79 Å². The Bertz CT molecular complexity index is 499. The summed E-state index contributed by atoms with van der Waals surface area (Å²) in [4.78, 5) is 23.2. The van der Waals surface area contributed by atoms with Crippen molar-refractivity contribution in [1.82, 2.24) is 14.5 Å². The van der Waals surface area contributed by atoms with E-state index in [9.17, 15) is 9.59 Å². The number of rotatable bonds is 4. The van der Waals surface area contributed by atoms with Gasteiger partial charge in [0.1, 0.15) is 0 Å². The van der Waals surface area contributed by atoms with E-state index in [0.29, 0.717) is 24.2 Å². The zero-order valence-corrected chi connectivity index (χ0v) is 11.2. The van der Waals surface area contributed by atoms with Gasteiger partial charge in [0, 0.05) is 38.4 Å². The summed E-state index contributed by atoms with van der Waals surface area (Å²) in [5.41, 5.74) is 0.166. The van der Waals surface area contributed by atoms with Crippen LogP contribution in [0.2, 0.25) is 0 Å². The highest BCUT2D eigenvalue weighted by Crippen LogP contribution is 2.01. The van der Waals surface area contributed by atoms with Crippen LogP contribution in [0.4, 0.5) is 0 Å². The van der Waals surface area contributed by atoms with Crippen LogP contribution >= 0.6 is 0 Å². The molecule has 1 atom stereocenters. The molecular formula is C12H21N3O2. The Hall–Kier alpha value is -1.36. The second-order valence-electron chi connectivity index (χ2n) is 4.79. The molecule has 0 aliphatic carbocycles. The SMILES string of the molecule is CC(C)C(C)NCc1cc(=O)n(C)c(=O)n1C. The van der Waals surface area contributed by atoms with E-state index in [4.69, 9.17) is 0 Å². The molecule has 0 aliphatic heterocycles. The molecular weight excluding hydrogens is 218 g/mol. The average molecular weight is 239 g/mol. The standard InChI is InChI=1S/C12H21N3O2/c1-8(2)9(3)13-7-10-6-11(16)15(5)12(17)14(10)4/h6,8-9,13H,7H2,1-5H3. The molecule has 5 heteroatoms. The largest absolute Gasteiger partial charge is 0.330 e. The lowest BCUT2D eigenvalue weighted by molar-refractivity contribution is 0.418. The molecule has 0 aromatic carbocycles. The van der Waals surface area contributed by atoms with E-state index in [1.54, 1.807) is 7.05 Å². The van der Waals surface area contributed by atoms with E-state index in [-0.39, 0.29) is 11.2 Å². The summed E-state index contributed by atoms with van der Waals surface area (Å²) in [6.45, 7) is 6.87. The molecule has 1 heterocycles. The van der Waals surface area contributed by atoms with Gasteiger partial charge in [-0.05, 0) is 12.8 Å². The predicted octanol–water partition coefficient (Wildman–Crippen LogP) is 0.218. The van der Waals surface area contributed by atoms with Crippen LogP contribution in [0.15, 0.2) is 15.7 Å². The third-order valence-electron chi connectivity index (χ3n) is 3.23. The summed E-state index contributed by atoms with van der Waals surface area (Å²) in [5.74, 6) is 0.513. The second-order valence-corrected chi connectivity index (χ2v) is 4.79. The van der Waals surface area contributed by atoms with E-state index >= 15 is 0 Å². The summed E-state index contributed by atoms with van der Waals surface area (Å²) in [7, 11) is 3.16. The maximum Gasteiger partial charge on any atom is 0.330 e. The first kappa shape index (κ1) is 13.7. The average Bonchev–Trinajstić information content (AvgIpc) is 2.28. The lowest BCUT2D eigenvalue weighted by Gasteiger charge is -2.18. The van der Waals surface area contributed by atoms with Crippen LogP contribution in [-0.2, 0) is 20.6 Å². The molecule has 1 rings (SSSR count). The van der Waals surface area contributed by atoms with Crippen molar-refractivity contribution in [3.8, 4) is 0 Å². The van der Waals surface area contributed by atoms with Crippen LogP contribution in [0.5, 0.6) is 0 Å². The van der Waals surface area contributed by atoms with Crippen molar-refractivity contribution >= 4 is 0 Å². The van der Waals surface area contributed by atoms with Crippen molar-refractivity contribution in [2.75, 3.05) is 0 Å². The van der Waals surface area contributed by atoms with Crippen LogP contribution in [0.1, 0.15) is 26.5 Å². The first-order valence-corrected chi connectivity index (χ1v) is 5.84. The van der Waals surface area contributed by atoms with Gasteiger partial charge in [0.15, 0.2) is 0 Å². The minimum Gasteiger partial charge on any atom is -0.308 e. The quantitative estimate of drug-likeness (QED) is 0.817. The predicted molar refractivity (Wildman–Crippen MR) is 68.1 cm³/mol. The summed E-state index contributed by atoms with van der Waals surface area (Å²) < 4.78 is 2.61. The molecule has 1 aromatic heterocycles. The Morgan fingerprint density at radius 3 is 2.29 bits per heavy atom. The maximum atomic E-state index is 11.7. The third-order valence-corrected chi connectivity index (χ3v) is 3.23. The fraction of sp³-hybridized carbons (Fsp3) is 0.667. The molecule has 1 unspecified atom stereocenters. The van der Waals surface area contributed by atoms with Gasteiger partial charge < -0.3 is 5.32 Å². The Morgan fingerprint density at radius 2 is 1.76 bits per heavy atom. The van der Waals surface area contributed by atoms with Crippen molar-refractivity contribution in [3.05, 3.63) is 32.6 Å². The summed E-state index contributed by atoms with van der Waals surface area (Å²) >= 11 is 0. The zero-order valence-electron chi connectivity index (χ0n) is 11.2. The normalized spacial score (nSPS) is 13.1. The van der Waals surface area contributed by atoms with Gasteiger partial charge in [-0.2, -0.15) is 0 Å². The van der Waals surface area contributed by atoms with Crippen molar-refractivity contribution in [2.45, 2.75) is 33.4 Å². The molecule has 0 radical (unpaired) electrons. The zero-order chi connectivity index (χ0) is 13.2. The van der Waals surface area contributed by atoms with Gasteiger partial charge in [0.05, 0.1) is 0 Å². The summed E-state index contributed by atoms with van der Waals surface area (Å²) in [6.07, 6.45) is 0. The van der Waals surface area contributed by atoms with E-state index in [1.807, 2.05) is 0 Å². The van der Waals surface area contributed by atoms with Crippen molar-refractivity contribution in [1.29, 1.82) is 0 Å². The topological polar surface area (TPSA) is 56.0 Å². The number of nitrogens with one attached hydrogen (secondary N) is 1. The molecule has 0 saturated carbocycles. The number of hydrogen-bond donors (Lipinski definition) is 1. The molecule has 96 valence electrons. The Balaban J connectivity index is 2.94. The lowest BCUT2D eigenvalue weighted by Crippen LogP contribution is -2.40. The monoisotopic (exact) mass is 239 g/mol. The highest BCUT2D eigenvalue weighted by molar-refractivity contribution is 5.02. The molecule has 0 saturated heterocycles. The first-order chi connectivity index (χ1) is 7.84. The fourth-order valence-corrected chi connectivity index (χ4v) is 1.45. The molecule has 1 aromatic rings. The van der Waals surface area contributed by atoms with Crippen molar-refractivity contribution < 1.29 is 0 Å². The van der Waals surface area contributed by atoms with Crippen LogP contribution in [0, 0.1) is 5.92 Å². The first-order valence-electron chi connectivity index (χ1n) is 5.84. The smallest absolute Gasteiger partial charge is 0.308 e. The Kier molecular flexibility index (Phi) is 4.28. The Morgan fingerprint density at radius 1 is 1.18 bits per heavy atom. The van der Waals surface area contributed by atoms with Gasteiger partial charge in [-0.3, -0.25) is 13.9 Å². The molecule has 0 fully saturated rings. The van der Waals surface area contributed by atoms with E-state index in [0.717, 1.165) is 4.57 Å². The van der Waals surface area contributed by atoms with Gasteiger partial charge >= 0.3 is 5.69 Å². The number of hydrogen-bond acceptors (Lipinski definition) is 3. The Labute approximate surface area is 101 Å². The number of nitrogens with zero attached hydrogens (tertiary/aromatic N) is 2. The maximum absolute atomic E-state index is 11.7. The van der Waals surface area contributed by atoms with Crippen LogP contribution in [0.3, 0.4) is 0 Å². The molecule has 0 bridgehead atoms. The van der Waals surface area contributed by atoms with Crippen LogP contribution in [-0.4, -0.2) is 15.2 Å². The van der Waals surface area contributed by atoms with Crippen LogP contribution in [0.25, 0.3) is 0 Å². The van der Waals surface area contributed by atoms with Crippen molar-refractivity contribution in [2.24, 2.45) is 20.0 Å². The number of aromatic nitrogens is 2. The van der Waals surface area contributed by atoms with E-state index in [1.165, 1.54) is 17.7 Å². The molecule has 0 aliphatic rings. The van der Waals surface area contributed by atoms with Gasteiger partial charge in [-0.15, -0.1) is 0 Å². The van der Waals surface area contributed by atoms with E-state index in [2.05, 4.69) is 26.1 Å². The second kappa shape index (κ2) is 5.31. The highest BCUT2D eigenvalue weighted by Gasteiger charge is 2.09. The van der Waals surface area contributed by atoms with Crippen molar-refractivity contribution in [3.63, 3.8) is 0 Å². The van der Waals surface area contributed by atoms with Gasteiger partial charge in [0.2, 0.25) is 0 Å². The molecule has 1 N–H and O–H groups in total. The third kappa shape index (κ3) is 3.06. The summed E-state index contributed by atoms with van der Waals surface area (Å²) in [5, 5.41) is 3.31. The highest BCUT2D eigenvalue weighted by atomic mass is 16.2. The lowest BCUT2D eigenvalue weighted by atomic mass is 10.1.